The minimum absolute atomic E-state index is 0.0336. The molecule has 0 saturated heterocycles. The summed E-state index contributed by atoms with van der Waals surface area (Å²) in [6.45, 7) is 0. The Labute approximate surface area is 127 Å². The van der Waals surface area contributed by atoms with Gasteiger partial charge in [0.1, 0.15) is 5.75 Å². The van der Waals surface area contributed by atoms with Gasteiger partial charge in [-0.2, -0.15) is 0 Å². The second kappa shape index (κ2) is 5.77. The average Bonchev–Trinajstić information content (AvgIpc) is 2.36. The van der Waals surface area contributed by atoms with E-state index >= 15 is 0 Å². The van der Waals surface area contributed by atoms with Gasteiger partial charge in [-0.05, 0) is 28.1 Å². The zero-order chi connectivity index (χ0) is 14.0. The molecule has 0 saturated carbocycles. The Kier molecular flexibility index (Phi) is 4.29. The zero-order valence-corrected chi connectivity index (χ0v) is 12.4. The average molecular weight is 363 g/mol. The molecule has 0 unspecified atom stereocenters. The number of rotatable bonds is 3. The van der Waals surface area contributed by atoms with E-state index in [1.54, 1.807) is 24.3 Å². The molecule has 0 radical (unpaired) electrons. The van der Waals surface area contributed by atoms with E-state index in [0.717, 1.165) is 6.07 Å². The lowest BCUT2D eigenvalue weighted by Gasteiger charge is -2.08. The fourth-order valence-electron chi connectivity index (χ4n) is 1.39. The molecule has 2 aromatic carbocycles. The summed E-state index contributed by atoms with van der Waals surface area (Å²) >= 11 is 14.9. The van der Waals surface area contributed by atoms with E-state index in [9.17, 15) is 10.1 Å². The van der Waals surface area contributed by atoms with Crippen molar-refractivity contribution < 1.29 is 9.66 Å². The van der Waals surface area contributed by atoms with E-state index in [1.165, 1.54) is 6.07 Å². The first kappa shape index (κ1) is 14.1. The molecule has 19 heavy (non-hydrogen) atoms. The molecule has 98 valence electrons. The zero-order valence-electron chi connectivity index (χ0n) is 9.27. The Morgan fingerprint density at radius 3 is 2.37 bits per heavy atom. The van der Waals surface area contributed by atoms with Crippen LogP contribution in [-0.2, 0) is 0 Å². The van der Waals surface area contributed by atoms with Crippen LogP contribution in [0.3, 0.4) is 0 Å². The van der Waals surface area contributed by atoms with Gasteiger partial charge in [-0.3, -0.25) is 10.1 Å². The van der Waals surface area contributed by atoms with Crippen LogP contribution in [0.25, 0.3) is 0 Å². The maximum absolute atomic E-state index is 11.0. The lowest BCUT2D eigenvalue weighted by molar-refractivity contribution is -0.385. The summed E-state index contributed by atoms with van der Waals surface area (Å²) in [6.07, 6.45) is 0. The fourth-order valence-corrected chi connectivity index (χ4v) is 2.07. The largest absolute Gasteiger partial charge is 0.449 e. The van der Waals surface area contributed by atoms with Gasteiger partial charge in [0.15, 0.2) is 0 Å². The van der Waals surface area contributed by atoms with Crippen LogP contribution < -0.4 is 4.74 Å². The first-order valence-electron chi connectivity index (χ1n) is 5.05. The normalized spacial score (nSPS) is 10.3. The molecule has 0 amide bonds. The van der Waals surface area contributed by atoms with Crippen LogP contribution in [-0.4, -0.2) is 4.92 Å². The topological polar surface area (TPSA) is 52.4 Å². The highest BCUT2D eigenvalue weighted by atomic mass is 79.9. The third-order valence-corrected chi connectivity index (χ3v) is 3.63. The van der Waals surface area contributed by atoms with Gasteiger partial charge in [0.05, 0.1) is 19.4 Å². The molecule has 0 aliphatic heterocycles. The second-order valence-electron chi connectivity index (χ2n) is 3.52. The number of para-hydroxylation sites is 1. The molecule has 0 aromatic heterocycles. The van der Waals surface area contributed by atoms with E-state index in [0.29, 0.717) is 10.2 Å². The van der Waals surface area contributed by atoms with Crippen LogP contribution in [0.5, 0.6) is 11.5 Å². The molecule has 0 aliphatic carbocycles. The number of halogens is 3. The Bertz CT molecular complexity index is 649. The molecule has 0 fully saturated rings. The van der Waals surface area contributed by atoms with Crippen molar-refractivity contribution in [3.63, 3.8) is 0 Å². The first-order chi connectivity index (χ1) is 8.99. The summed E-state index contributed by atoms with van der Waals surface area (Å²) in [5, 5.41) is 11.3. The van der Waals surface area contributed by atoms with Crippen molar-refractivity contribution in [3.8, 4) is 11.5 Å². The van der Waals surface area contributed by atoms with Gasteiger partial charge < -0.3 is 4.74 Å². The van der Waals surface area contributed by atoms with Crippen molar-refractivity contribution in [2.45, 2.75) is 0 Å². The number of nitrogens with zero attached hydrogens (tertiary/aromatic N) is 1. The van der Waals surface area contributed by atoms with Crippen molar-refractivity contribution in [2.75, 3.05) is 0 Å². The Hall–Kier alpha value is -1.30. The van der Waals surface area contributed by atoms with Crippen LogP contribution in [0.2, 0.25) is 10.0 Å². The summed E-state index contributed by atoms with van der Waals surface area (Å²) in [4.78, 5) is 10.4. The van der Waals surface area contributed by atoms with Crippen LogP contribution >= 0.6 is 39.1 Å². The van der Waals surface area contributed by atoms with Gasteiger partial charge in [0.2, 0.25) is 5.75 Å². The molecular weight excluding hydrogens is 357 g/mol. The van der Waals surface area contributed by atoms with Gasteiger partial charge in [0.25, 0.3) is 0 Å². The van der Waals surface area contributed by atoms with Gasteiger partial charge in [0, 0.05) is 12.1 Å². The second-order valence-corrected chi connectivity index (χ2v) is 5.19. The van der Waals surface area contributed by atoms with Gasteiger partial charge in [-0.15, -0.1) is 0 Å². The molecule has 2 aromatic rings. The smallest absolute Gasteiger partial charge is 0.313 e. The highest BCUT2D eigenvalue weighted by Gasteiger charge is 2.19. The number of benzene rings is 2. The molecule has 0 heterocycles. The highest BCUT2D eigenvalue weighted by Crippen LogP contribution is 2.39. The predicted molar refractivity (Wildman–Crippen MR) is 77.3 cm³/mol. The highest BCUT2D eigenvalue weighted by molar-refractivity contribution is 9.10. The van der Waals surface area contributed by atoms with Crippen molar-refractivity contribution >= 4 is 44.8 Å². The maximum atomic E-state index is 11.0. The molecular formula is C12H6BrCl2NO3. The maximum Gasteiger partial charge on any atom is 0.313 e. The van der Waals surface area contributed by atoms with Crippen molar-refractivity contribution in [2.24, 2.45) is 0 Å². The van der Waals surface area contributed by atoms with E-state index < -0.39 is 4.92 Å². The van der Waals surface area contributed by atoms with Crippen molar-refractivity contribution in [3.05, 3.63) is 61.0 Å². The first-order valence-corrected chi connectivity index (χ1v) is 6.59. The molecule has 4 nitrogen and oxygen atoms in total. The third kappa shape index (κ3) is 3.18. The number of ether oxygens (including phenoxy) is 1. The lowest BCUT2D eigenvalue weighted by Crippen LogP contribution is -1.94. The van der Waals surface area contributed by atoms with Crippen LogP contribution in [0.1, 0.15) is 0 Å². The third-order valence-electron chi connectivity index (χ3n) is 2.26. The van der Waals surface area contributed by atoms with Crippen molar-refractivity contribution in [1.82, 2.24) is 0 Å². The van der Waals surface area contributed by atoms with Gasteiger partial charge >= 0.3 is 5.69 Å². The fraction of sp³-hybridized carbons (Fsp3) is 0. The standard InChI is InChI=1S/C12H6BrCl2NO3/c13-7-3-1-2-4-11(7)19-12-6-9(15)8(14)5-10(12)16(17)18/h1-6H. The summed E-state index contributed by atoms with van der Waals surface area (Å²) in [6, 6.07) is 9.48. The minimum atomic E-state index is -0.575. The molecule has 0 spiro atoms. The SMILES string of the molecule is O=[N+]([O-])c1cc(Cl)c(Cl)cc1Oc1ccccc1Br. The molecule has 0 bridgehead atoms. The number of nitro benzene ring substituents is 1. The molecule has 0 aliphatic rings. The summed E-state index contributed by atoms with van der Waals surface area (Å²) in [5.41, 5.74) is -0.245. The van der Waals surface area contributed by atoms with E-state index in [1.807, 2.05) is 0 Å². The van der Waals surface area contributed by atoms with Gasteiger partial charge in [-0.25, -0.2) is 0 Å². The Balaban J connectivity index is 2.48. The predicted octanol–water partition coefficient (Wildman–Crippen LogP) is 5.46. The number of hydrogen-bond acceptors (Lipinski definition) is 3. The van der Waals surface area contributed by atoms with E-state index in [-0.39, 0.29) is 21.5 Å². The quantitative estimate of drug-likeness (QED) is 0.538. The van der Waals surface area contributed by atoms with Crippen molar-refractivity contribution in [1.29, 1.82) is 0 Å². The summed E-state index contributed by atoms with van der Waals surface area (Å²) in [7, 11) is 0. The molecule has 2 rings (SSSR count). The summed E-state index contributed by atoms with van der Waals surface area (Å²) in [5.74, 6) is 0.482. The minimum Gasteiger partial charge on any atom is -0.449 e. The monoisotopic (exact) mass is 361 g/mol. The van der Waals surface area contributed by atoms with Crippen LogP contribution in [0.4, 0.5) is 5.69 Å². The molecule has 0 atom stereocenters. The molecule has 0 N–H and O–H groups in total. The van der Waals surface area contributed by atoms with E-state index in [4.69, 9.17) is 27.9 Å². The Morgan fingerprint density at radius 1 is 1.11 bits per heavy atom. The van der Waals surface area contributed by atoms with E-state index in [2.05, 4.69) is 15.9 Å². The van der Waals surface area contributed by atoms with Crippen LogP contribution in [0, 0.1) is 10.1 Å². The molecule has 7 heteroatoms. The van der Waals surface area contributed by atoms with Gasteiger partial charge in [-0.1, -0.05) is 35.3 Å². The number of nitro groups is 1. The lowest BCUT2D eigenvalue weighted by atomic mass is 10.3. The summed E-state index contributed by atoms with van der Waals surface area (Å²) < 4.78 is 6.18. The number of hydrogen-bond donors (Lipinski definition) is 0. The Morgan fingerprint density at radius 2 is 1.74 bits per heavy atom. The van der Waals surface area contributed by atoms with Crippen LogP contribution in [0.15, 0.2) is 40.9 Å².